The number of benzene rings is 1. The van der Waals surface area contributed by atoms with E-state index in [1.807, 2.05) is 71.7 Å². The van der Waals surface area contributed by atoms with Crippen LogP contribution in [0.2, 0.25) is 0 Å². The van der Waals surface area contributed by atoms with E-state index in [9.17, 15) is 4.91 Å². The molecular weight excluding hydrogens is 254 g/mol. The molecule has 0 aromatic heterocycles. The molecule has 0 saturated heterocycles. The van der Waals surface area contributed by atoms with Crippen molar-refractivity contribution in [3.63, 3.8) is 0 Å². The minimum Gasteiger partial charge on any atom is -0.357 e. The molecule has 0 amide bonds. The SMILES string of the molecule is CN1C=CN(COC/C=C\c2ccccc2)/C1=C\N=O. The van der Waals surface area contributed by atoms with Crippen LogP contribution in [0.5, 0.6) is 0 Å². The summed E-state index contributed by atoms with van der Waals surface area (Å²) in [6, 6.07) is 10.0. The van der Waals surface area contributed by atoms with Gasteiger partial charge in [0.15, 0.2) is 0 Å². The topological polar surface area (TPSA) is 45.1 Å². The van der Waals surface area contributed by atoms with Gasteiger partial charge in [-0.15, -0.1) is 4.91 Å². The van der Waals surface area contributed by atoms with Gasteiger partial charge < -0.3 is 14.5 Å². The Morgan fingerprint density at radius 1 is 1.25 bits per heavy atom. The highest BCUT2D eigenvalue weighted by Crippen LogP contribution is 2.17. The molecule has 0 bridgehead atoms. The van der Waals surface area contributed by atoms with Crippen LogP contribution < -0.4 is 0 Å². The zero-order valence-electron chi connectivity index (χ0n) is 11.3. The summed E-state index contributed by atoms with van der Waals surface area (Å²) >= 11 is 0. The van der Waals surface area contributed by atoms with Gasteiger partial charge in [0.25, 0.3) is 0 Å². The van der Waals surface area contributed by atoms with Crippen molar-refractivity contribution in [2.24, 2.45) is 5.18 Å². The lowest BCUT2D eigenvalue weighted by molar-refractivity contribution is 0.0852. The monoisotopic (exact) mass is 271 g/mol. The second kappa shape index (κ2) is 7.25. The van der Waals surface area contributed by atoms with Crippen molar-refractivity contribution in [3.8, 4) is 0 Å². The summed E-state index contributed by atoms with van der Waals surface area (Å²) in [6.45, 7) is 0.881. The average Bonchev–Trinajstić information content (AvgIpc) is 2.81. The van der Waals surface area contributed by atoms with Crippen LogP contribution in [-0.2, 0) is 4.74 Å². The fourth-order valence-electron chi connectivity index (χ4n) is 1.82. The Kier molecular flexibility index (Phi) is 5.08. The third kappa shape index (κ3) is 3.80. The van der Waals surface area contributed by atoms with Gasteiger partial charge in [0.2, 0.25) is 0 Å². The number of nitrogens with zero attached hydrogens (tertiary/aromatic N) is 3. The molecule has 2 rings (SSSR count). The summed E-state index contributed by atoms with van der Waals surface area (Å²) in [7, 11) is 1.85. The van der Waals surface area contributed by atoms with Crippen LogP contribution in [0.15, 0.2) is 66.0 Å². The lowest BCUT2D eigenvalue weighted by Gasteiger charge is -2.20. The first kappa shape index (κ1) is 14.0. The predicted molar refractivity (Wildman–Crippen MR) is 78.9 cm³/mol. The summed E-state index contributed by atoms with van der Waals surface area (Å²) in [5.74, 6) is 0.701. The normalized spacial score (nSPS) is 16.6. The van der Waals surface area contributed by atoms with Crippen LogP contribution in [0.25, 0.3) is 6.08 Å². The molecular formula is C15H17N3O2. The number of nitroso groups, excluding NO2 is 1. The lowest BCUT2D eigenvalue weighted by atomic mass is 10.2. The molecule has 0 radical (unpaired) electrons. The van der Waals surface area contributed by atoms with Crippen molar-refractivity contribution in [2.75, 3.05) is 20.4 Å². The standard InChI is InChI=1S/C15H17N3O2/c1-17-9-10-18(15(17)12-16-19)13-20-11-5-8-14-6-3-2-4-7-14/h2-10,12H,11,13H2,1H3/b8-5-,15-12-. The van der Waals surface area contributed by atoms with Crippen LogP contribution in [0, 0.1) is 4.91 Å². The first-order chi connectivity index (χ1) is 9.81. The van der Waals surface area contributed by atoms with Crippen molar-refractivity contribution < 1.29 is 4.74 Å². The Hall–Kier alpha value is -2.40. The fraction of sp³-hybridized carbons (Fsp3) is 0.200. The molecule has 1 aliphatic heterocycles. The molecule has 0 spiro atoms. The third-order valence-electron chi connectivity index (χ3n) is 2.85. The highest BCUT2D eigenvalue weighted by atomic mass is 16.5. The zero-order valence-corrected chi connectivity index (χ0v) is 11.3. The van der Waals surface area contributed by atoms with E-state index < -0.39 is 0 Å². The Morgan fingerprint density at radius 3 is 2.80 bits per heavy atom. The quantitative estimate of drug-likeness (QED) is 0.589. The molecule has 104 valence electrons. The molecule has 0 fully saturated rings. The van der Waals surface area contributed by atoms with Crippen LogP contribution in [0.1, 0.15) is 5.56 Å². The smallest absolute Gasteiger partial charge is 0.136 e. The maximum absolute atomic E-state index is 10.3. The molecule has 0 saturated carbocycles. The van der Waals surface area contributed by atoms with Gasteiger partial charge in [0.05, 0.1) is 6.61 Å². The van der Waals surface area contributed by atoms with Crippen molar-refractivity contribution in [1.82, 2.24) is 9.80 Å². The van der Waals surface area contributed by atoms with Gasteiger partial charge in [-0.1, -0.05) is 42.5 Å². The van der Waals surface area contributed by atoms with Gasteiger partial charge in [-0.05, 0) is 10.7 Å². The Balaban J connectivity index is 1.76. The van der Waals surface area contributed by atoms with Crippen molar-refractivity contribution in [2.45, 2.75) is 0 Å². The van der Waals surface area contributed by atoms with Gasteiger partial charge in [-0.25, -0.2) is 0 Å². The van der Waals surface area contributed by atoms with Crippen molar-refractivity contribution in [1.29, 1.82) is 0 Å². The lowest BCUT2D eigenvalue weighted by Crippen LogP contribution is -2.22. The maximum Gasteiger partial charge on any atom is 0.136 e. The molecule has 0 aliphatic carbocycles. The summed E-state index contributed by atoms with van der Waals surface area (Å²) in [6.07, 6.45) is 8.93. The first-order valence-corrected chi connectivity index (χ1v) is 6.31. The van der Waals surface area contributed by atoms with Crippen LogP contribution in [0.4, 0.5) is 0 Å². The van der Waals surface area contributed by atoms with E-state index in [-0.39, 0.29) is 0 Å². The second-order valence-corrected chi connectivity index (χ2v) is 4.28. The Morgan fingerprint density at radius 2 is 2.05 bits per heavy atom. The van der Waals surface area contributed by atoms with Crippen LogP contribution in [-0.4, -0.2) is 30.2 Å². The molecule has 1 aliphatic rings. The van der Waals surface area contributed by atoms with Crippen LogP contribution in [0.3, 0.4) is 0 Å². The Bertz CT molecular complexity index is 523. The van der Waals surface area contributed by atoms with E-state index in [1.54, 1.807) is 0 Å². The van der Waals surface area contributed by atoms with E-state index >= 15 is 0 Å². The average molecular weight is 271 g/mol. The van der Waals surface area contributed by atoms with Crippen LogP contribution >= 0.6 is 0 Å². The number of ether oxygens (including phenoxy) is 1. The van der Waals surface area contributed by atoms with E-state index in [0.29, 0.717) is 19.2 Å². The number of hydrogen-bond donors (Lipinski definition) is 0. The summed E-state index contributed by atoms with van der Waals surface area (Å²) in [5, 5.41) is 2.80. The Labute approximate surface area is 118 Å². The molecule has 1 heterocycles. The molecule has 1 aromatic rings. The zero-order chi connectivity index (χ0) is 14.2. The molecule has 5 heteroatoms. The molecule has 0 atom stereocenters. The molecule has 5 nitrogen and oxygen atoms in total. The fourth-order valence-corrected chi connectivity index (χ4v) is 1.82. The van der Waals surface area contributed by atoms with Gasteiger partial charge in [-0.3, -0.25) is 0 Å². The second-order valence-electron chi connectivity index (χ2n) is 4.28. The summed E-state index contributed by atoms with van der Waals surface area (Å²) in [4.78, 5) is 14.0. The van der Waals surface area contributed by atoms with E-state index in [4.69, 9.17) is 4.74 Å². The third-order valence-corrected chi connectivity index (χ3v) is 2.85. The van der Waals surface area contributed by atoms with Crippen molar-refractivity contribution in [3.05, 3.63) is 71.3 Å². The van der Waals surface area contributed by atoms with E-state index in [0.717, 1.165) is 5.56 Å². The minimum absolute atomic E-state index is 0.376. The molecule has 0 unspecified atom stereocenters. The number of rotatable bonds is 6. The summed E-state index contributed by atoms with van der Waals surface area (Å²) in [5.41, 5.74) is 1.14. The first-order valence-electron chi connectivity index (χ1n) is 6.31. The highest BCUT2D eigenvalue weighted by molar-refractivity contribution is 5.48. The van der Waals surface area contributed by atoms with Gasteiger partial charge in [0.1, 0.15) is 18.8 Å². The molecule has 0 N–H and O–H groups in total. The maximum atomic E-state index is 10.3. The van der Waals surface area contributed by atoms with Gasteiger partial charge >= 0.3 is 0 Å². The highest BCUT2D eigenvalue weighted by Gasteiger charge is 2.16. The summed E-state index contributed by atoms with van der Waals surface area (Å²) < 4.78 is 5.54. The number of hydrogen-bond acceptors (Lipinski definition) is 5. The predicted octanol–water partition coefficient (Wildman–Crippen LogP) is 2.96. The van der Waals surface area contributed by atoms with Gasteiger partial charge in [-0.2, -0.15) is 0 Å². The van der Waals surface area contributed by atoms with E-state index in [2.05, 4.69) is 5.18 Å². The van der Waals surface area contributed by atoms with E-state index in [1.165, 1.54) is 6.20 Å². The van der Waals surface area contributed by atoms with Crippen molar-refractivity contribution >= 4 is 6.08 Å². The minimum atomic E-state index is 0.376. The molecule has 1 aromatic carbocycles. The largest absolute Gasteiger partial charge is 0.357 e. The van der Waals surface area contributed by atoms with Gasteiger partial charge in [0, 0.05) is 19.4 Å². The molecule has 20 heavy (non-hydrogen) atoms.